The minimum Gasteiger partial charge on any atom is -0.395 e. The second-order valence-electron chi connectivity index (χ2n) is 10.7. The smallest absolute Gasteiger partial charge is 0.246 e. The summed E-state index contributed by atoms with van der Waals surface area (Å²) >= 11 is 0. The molecule has 8 heteroatoms. The first-order chi connectivity index (χ1) is 16.3. The number of benzene rings is 1. The number of hydrogen-bond acceptors (Lipinski definition) is 5. The number of hydrogen-bond donors (Lipinski definition) is 3. The average molecular weight is 470 g/mol. The van der Waals surface area contributed by atoms with Gasteiger partial charge >= 0.3 is 0 Å². The number of ether oxygens (including phenoxy) is 1. The highest BCUT2D eigenvalue weighted by molar-refractivity contribution is 6.02. The molecule has 5 rings (SSSR count). The van der Waals surface area contributed by atoms with Gasteiger partial charge in [0.2, 0.25) is 17.7 Å². The van der Waals surface area contributed by atoms with Crippen LogP contribution in [0.1, 0.15) is 52.4 Å². The van der Waals surface area contributed by atoms with Crippen molar-refractivity contribution in [1.29, 1.82) is 0 Å². The van der Waals surface area contributed by atoms with E-state index < -0.39 is 29.1 Å². The number of fused-ring (bicyclic) bond motifs is 1. The average Bonchev–Trinajstić information content (AvgIpc) is 3.32. The van der Waals surface area contributed by atoms with E-state index in [9.17, 15) is 19.5 Å². The number of rotatable bonds is 6. The Balaban J connectivity index is 1.49. The predicted octanol–water partition coefficient (Wildman–Crippen LogP) is 2.08. The molecule has 8 nitrogen and oxygen atoms in total. The number of anilines is 1. The van der Waals surface area contributed by atoms with Gasteiger partial charge in [0.25, 0.3) is 0 Å². The Morgan fingerprint density at radius 2 is 1.85 bits per heavy atom. The Kier molecular flexibility index (Phi) is 5.92. The van der Waals surface area contributed by atoms with Gasteiger partial charge in [0.15, 0.2) is 0 Å². The standard InChI is InChI=1S/C26H35N3O5/c1-16-15-26-20(19(25(16,2)34-26)22(31)27-17-9-5-3-6-10-17)24(33)29(13-14-30)21(26)23(32)28-18-11-7-4-8-12-18/h3,5-6,9-10,16,18-21,30H,4,7-8,11-15H2,1-2H3,(H,27,31)(H,28,32)/t16?,19-,20+,21?,25+,26?/m1/s1. The summed E-state index contributed by atoms with van der Waals surface area (Å²) in [7, 11) is 0. The fraction of sp³-hybridized carbons (Fsp3) is 0.654. The van der Waals surface area contributed by atoms with E-state index in [1.807, 2.05) is 44.2 Å². The van der Waals surface area contributed by atoms with Crippen molar-refractivity contribution < 1.29 is 24.2 Å². The zero-order chi connectivity index (χ0) is 24.1. The molecule has 3 N–H and O–H groups in total. The van der Waals surface area contributed by atoms with Gasteiger partial charge in [-0.3, -0.25) is 14.4 Å². The lowest BCUT2D eigenvalue weighted by atomic mass is 9.62. The van der Waals surface area contributed by atoms with Crippen molar-refractivity contribution in [3.8, 4) is 0 Å². The molecule has 3 heterocycles. The van der Waals surface area contributed by atoms with Gasteiger partial charge in [-0.25, -0.2) is 0 Å². The van der Waals surface area contributed by atoms with Crippen molar-refractivity contribution in [1.82, 2.24) is 10.2 Å². The maximum atomic E-state index is 13.8. The molecule has 1 aromatic rings. The highest BCUT2D eigenvalue weighted by Crippen LogP contribution is 2.65. The molecule has 2 bridgehead atoms. The first kappa shape index (κ1) is 23.3. The fourth-order valence-corrected chi connectivity index (χ4v) is 7.06. The van der Waals surface area contributed by atoms with Crippen molar-refractivity contribution in [3.63, 3.8) is 0 Å². The maximum absolute atomic E-state index is 13.8. The number of nitrogens with one attached hydrogen (secondary N) is 2. The third kappa shape index (κ3) is 3.45. The van der Waals surface area contributed by atoms with Crippen molar-refractivity contribution in [2.75, 3.05) is 18.5 Å². The second kappa shape index (κ2) is 8.64. The number of likely N-dealkylation sites (tertiary alicyclic amines) is 1. The molecule has 3 saturated heterocycles. The second-order valence-corrected chi connectivity index (χ2v) is 10.7. The zero-order valence-electron chi connectivity index (χ0n) is 20.0. The molecular weight excluding hydrogens is 434 g/mol. The molecule has 184 valence electrons. The van der Waals surface area contributed by atoms with Crippen LogP contribution in [0.15, 0.2) is 30.3 Å². The lowest BCUT2D eigenvalue weighted by molar-refractivity contribution is -0.147. The largest absolute Gasteiger partial charge is 0.395 e. The van der Waals surface area contributed by atoms with Crippen LogP contribution in [0, 0.1) is 17.8 Å². The van der Waals surface area contributed by atoms with Crippen molar-refractivity contribution in [2.45, 2.75) is 75.7 Å². The van der Waals surface area contributed by atoms with Gasteiger partial charge < -0.3 is 25.4 Å². The number of aliphatic hydroxyl groups excluding tert-OH is 1. The normalized spacial score (nSPS) is 37.0. The van der Waals surface area contributed by atoms with Gasteiger partial charge in [0, 0.05) is 18.3 Å². The van der Waals surface area contributed by atoms with Crippen molar-refractivity contribution in [2.24, 2.45) is 17.8 Å². The lowest BCUT2D eigenvalue weighted by Crippen LogP contribution is -2.57. The molecule has 3 amide bonds. The molecule has 1 spiro atoms. The van der Waals surface area contributed by atoms with Crippen LogP contribution in [0.2, 0.25) is 0 Å². The van der Waals surface area contributed by atoms with E-state index in [1.54, 1.807) is 0 Å². The number of carbonyl (C=O) groups is 3. The van der Waals surface area contributed by atoms with Crippen LogP contribution in [0.25, 0.3) is 0 Å². The summed E-state index contributed by atoms with van der Waals surface area (Å²) in [5, 5.41) is 15.9. The highest BCUT2D eigenvalue weighted by Gasteiger charge is 2.79. The van der Waals surface area contributed by atoms with Crippen LogP contribution in [0.3, 0.4) is 0 Å². The third-order valence-electron chi connectivity index (χ3n) is 8.68. The summed E-state index contributed by atoms with van der Waals surface area (Å²) in [6.45, 7) is 3.72. The van der Waals surface area contributed by atoms with Crippen LogP contribution < -0.4 is 10.6 Å². The number of β-amino-alcohol motifs (C(OH)–C–C–N with tert-alkyl or cyclic N) is 1. The molecule has 1 aromatic carbocycles. The van der Waals surface area contributed by atoms with Gasteiger partial charge in [0.1, 0.15) is 11.6 Å². The Hall–Kier alpha value is -2.45. The van der Waals surface area contributed by atoms with E-state index in [0.717, 1.165) is 25.7 Å². The first-order valence-corrected chi connectivity index (χ1v) is 12.6. The molecule has 6 atom stereocenters. The highest BCUT2D eigenvalue weighted by atomic mass is 16.5. The van der Waals surface area contributed by atoms with Crippen LogP contribution in [-0.4, -0.2) is 64.2 Å². The van der Waals surface area contributed by atoms with E-state index in [2.05, 4.69) is 10.6 Å². The molecule has 1 saturated carbocycles. The monoisotopic (exact) mass is 469 g/mol. The summed E-state index contributed by atoms with van der Waals surface area (Å²) in [6, 6.07) is 8.41. The zero-order valence-corrected chi connectivity index (χ0v) is 20.0. The lowest BCUT2D eigenvalue weighted by Gasteiger charge is -2.36. The quantitative estimate of drug-likeness (QED) is 0.591. The topological polar surface area (TPSA) is 108 Å². The van der Waals surface area contributed by atoms with E-state index in [1.165, 1.54) is 11.3 Å². The molecule has 0 aromatic heterocycles. The Labute approximate surface area is 200 Å². The number of aliphatic hydroxyl groups is 1. The number of carbonyl (C=O) groups excluding carboxylic acids is 3. The maximum Gasteiger partial charge on any atom is 0.246 e. The Morgan fingerprint density at radius 3 is 2.53 bits per heavy atom. The summed E-state index contributed by atoms with van der Waals surface area (Å²) in [5.74, 6) is -2.26. The van der Waals surface area contributed by atoms with Gasteiger partial charge in [-0.05, 0) is 44.2 Å². The Morgan fingerprint density at radius 1 is 1.15 bits per heavy atom. The van der Waals surface area contributed by atoms with E-state index in [4.69, 9.17) is 4.74 Å². The van der Waals surface area contributed by atoms with Gasteiger partial charge in [-0.15, -0.1) is 0 Å². The summed E-state index contributed by atoms with van der Waals surface area (Å²) < 4.78 is 6.66. The molecule has 34 heavy (non-hydrogen) atoms. The Bertz CT molecular complexity index is 964. The third-order valence-corrected chi connectivity index (χ3v) is 8.68. The van der Waals surface area contributed by atoms with Gasteiger partial charge in [-0.1, -0.05) is 44.4 Å². The van der Waals surface area contributed by atoms with Crippen LogP contribution in [0.5, 0.6) is 0 Å². The minimum absolute atomic E-state index is 0.0119. The van der Waals surface area contributed by atoms with E-state index in [0.29, 0.717) is 12.1 Å². The number of para-hydroxylation sites is 1. The van der Waals surface area contributed by atoms with Gasteiger partial charge in [0.05, 0.1) is 24.0 Å². The predicted molar refractivity (Wildman–Crippen MR) is 126 cm³/mol. The van der Waals surface area contributed by atoms with Crippen molar-refractivity contribution >= 4 is 23.4 Å². The van der Waals surface area contributed by atoms with Crippen LogP contribution in [-0.2, 0) is 19.1 Å². The molecule has 4 aliphatic rings. The molecule has 1 aliphatic carbocycles. The molecule has 3 aliphatic heterocycles. The molecule has 0 radical (unpaired) electrons. The fourth-order valence-electron chi connectivity index (χ4n) is 7.06. The first-order valence-electron chi connectivity index (χ1n) is 12.6. The summed E-state index contributed by atoms with van der Waals surface area (Å²) in [4.78, 5) is 42.5. The van der Waals surface area contributed by atoms with Crippen LogP contribution in [0.4, 0.5) is 5.69 Å². The van der Waals surface area contributed by atoms with Crippen molar-refractivity contribution in [3.05, 3.63) is 30.3 Å². The van der Waals surface area contributed by atoms with E-state index >= 15 is 0 Å². The molecule has 3 unspecified atom stereocenters. The molecular formula is C26H35N3O5. The number of amides is 3. The molecule has 4 fully saturated rings. The van der Waals surface area contributed by atoms with Gasteiger partial charge in [-0.2, -0.15) is 0 Å². The SMILES string of the molecule is CC1CC23O[C@]1(C)[C@@H](C(=O)Nc1ccccc1)[C@H]2C(=O)N(CCO)C3C(=O)NC1CCCCC1. The number of nitrogens with zero attached hydrogens (tertiary/aromatic N) is 1. The van der Waals surface area contributed by atoms with E-state index in [-0.39, 0.29) is 42.8 Å². The summed E-state index contributed by atoms with van der Waals surface area (Å²) in [6.07, 6.45) is 5.72. The minimum atomic E-state index is -1.07. The van der Waals surface area contributed by atoms with Crippen LogP contribution >= 0.6 is 0 Å². The summed E-state index contributed by atoms with van der Waals surface area (Å²) in [5.41, 5.74) is -1.27.